The Kier molecular flexibility index (Phi) is 4.32. The van der Waals surface area contributed by atoms with E-state index in [4.69, 9.17) is 5.73 Å². The zero-order valence-electron chi connectivity index (χ0n) is 13.2. The number of fused-ring (bicyclic) bond motifs is 1. The minimum Gasteiger partial charge on any atom is -0.361 e. The number of aryl methyl sites for hydroxylation is 1. The van der Waals surface area contributed by atoms with E-state index in [2.05, 4.69) is 48.3 Å². The molecule has 0 amide bonds. The largest absolute Gasteiger partial charge is 0.361 e. The highest BCUT2D eigenvalue weighted by molar-refractivity contribution is 5.86. The summed E-state index contributed by atoms with van der Waals surface area (Å²) in [6.45, 7) is 3.24. The van der Waals surface area contributed by atoms with Gasteiger partial charge in [0.25, 0.3) is 0 Å². The number of rotatable bonds is 4. The van der Waals surface area contributed by atoms with Crippen molar-refractivity contribution in [2.45, 2.75) is 57.7 Å². The molecule has 1 aromatic heterocycles. The predicted molar refractivity (Wildman–Crippen MR) is 89.4 cm³/mol. The molecule has 0 spiro atoms. The Labute approximate surface area is 127 Å². The van der Waals surface area contributed by atoms with Crippen molar-refractivity contribution in [2.75, 3.05) is 7.05 Å². The molecule has 0 radical (unpaired) electrons. The van der Waals surface area contributed by atoms with Crippen molar-refractivity contribution in [1.82, 2.24) is 9.88 Å². The molecule has 114 valence electrons. The predicted octanol–water partition coefficient (Wildman–Crippen LogP) is 3.43. The van der Waals surface area contributed by atoms with Crippen LogP contribution in [0.3, 0.4) is 0 Å². The molecule has 1 aromatic carbocycles. The standard InChI is InChI=1S/C18H27N3/c1-3-13-5-4-6-17-14(11-20-18(13)17)12-21(2)16-9-7-15(19)8-10-16/h4-6,11,15-16,20H,3,7-10,12,19H2,1-2H3. The Bertz CT molecular complexity index is 594. The fourth-order valence-corrected chi connectivity index (χ4v) is 3.64. The maximum Gasteiger partial charge on any atom is 0.0489 e. The Morgan fingerprint density at radius 3 is 2.67 bits per heavy atom. The second-order valence-electron chi connectivity index (χ2n) is 6.49. The van der Waals surface area contributed by atoms with E-state index in [-0.39, 0.29) is 0 Å². The highest BCUT2D eigenvalue weighted by atomic mass is 15.1. The van der Waals surface area contributed by atoms with Gasteiger partial charge in [-0.2, -0.15) is 0 Å². The van der Waals surface area contributed by atoms with Gasteiger partial charge in [0.05, 0.1) is 0 Å². The number of H-pyrrole nitrogens is 1. The van der Waals surface area contributed by atoms with E-state index in [0.717, 1.165) is 13.0 Å². The van der Waals surface area contributed by atoms with Crippen molar-refractivity contribution in [3.8, 4) is 0 Å². The molecule has 0 unspecified atom stereocenters. The first-order chi connectivity index (χ1) is 10.2. The van der Waals surface area contributed by atoms with E-state index >= 15 is 0 Å². The molecule has 1 aliphatic rings. The lowest BCUT2D eigenvalue weighted by Gasteiger charge is -2.33. The summed E-state index contributed by atoms with van der Waals surface area (Å²) in [7, 11) is 2.25. The minimum absolute atomic E-state index is 0.426. The third kappa shape index (κ3) is 2.99. The second-order valence-corrected chi connectivity index (χ2v) is 6.49. The molecule has 3 rings (SSSR count). The smallest absolute Gasteiger partial charge is 0.0489 e. The van der Waals surface area contributed by atoms with Crippen molar-refractivity contribution in [3.05, 3.63) is 35.5 Å². The van der Waals surface area contributed by atoms with E-state index in [1.54, 1.807) is 0 Å². The van der Waals surface area contributed by atoms with Crippen LogP contribution in [0.5, 0.6) is 0 Å². The van der Waals surface area contributed by atoms with E-state index in [0.29, 0.717) is 12.1 Å². The molecule has 3 nitrogen and oxygen atoms in total. The maximum atomic E-state index is 6.02. The molecule has 1 heterocycles. The van der Waals surface area contributed by atoms with Crippen LogP contribution in [0, 0.1) is 0 Å². The fraction of sp³-hybridized carbons (Fsp3) is 0.556. The summed E-state index contributed by atoms with van der Waals surface area (Å²) < 4.78 is 0. The molecule has 0 saturated heterocycles. The average Bonchev–Trinajstić information content (AvgIpc) is 2.91. The molecule has 3 N–H and O–H groups in total. The van der Waals surface area contributed by atoms with Gasteiger partial charge in [0.2, 0.25) is 0 Å². The molecule has 0 aliphatic heterocycles. The summed E-state index contributed by atoms with van der Waals surface area (Å²) in [6.07, 6.45) is 8.08. The highest BCUT2D eigenvalue weighted by Crippen LogP contribution is 2.26. The van der Waals surface area contributed by atoms with Crippen LogP contribution < -0.4 is 5.73 Å². The number of nitrogens with zero attached hydrogens (tertiary/aromatic N) is 1. The number of hydrogen-bond donors (Lipinski definition) is 2. The highest BCUT2D eigenvalue weighted by Gasteiger charge is 2.22. The van der Waals surface area contributed by atoms with Crippen molar-refractivity contribution in [2.24, 2.45) is 5.73 Å². The third-order valence-corrected chi connectivity index (χ3v) is 5.05. The fourth-order valence-electron chi connectivity index (χ4n) is 3.64. The quantitative estimate of drug-likeness (QED) is 0.904. The van der Waals surface area contributed by atoms with Crippen LogP contribution in [0.1, 0.15) is 43.7 Å². The van der Waals surface area contributed by atoms with Gasteiger partial charge < -0.3 is 10.7 Å². The van der Waals surface area contributed by atoms with Gasteiger partial charge in [0.15, 0.2) is 0 Å². The summed E-state index contributed by atoms with van der Waals surface area (Å²) in [5, 5.41) is 1.38. The molecule has 21 heavy (non-hydrogen) atoms. The van der Waals surface area contributed by atoms with Crippen LogP contribution in [0.2, 0.25) is 0 Å². The van der Waals surface area contributed by atoms with Crippen LogP contribution in [-0.4, -0.2) is 29.0 Å². The van der Waals surface area contributed by atoms with Crippen LogP contribution in [-0.2, 0) is 13.0 Å². The first kappa shape index (κ1) is 14.6. The number of hydrogen-bond acceptors (Lipinski definition) is 2. The topological polar surface area (TPSA) is 45.0 Å². The average molecular weight is 285 g/mol. The lowest BCUT2D eigenvalue weighted by molar-refractivity contribution is 0.177. The van der Waals surface area contributed by atoms with E-state index in [9.17, 15) is 0 Å². The summed E-state index contributed by atoms with van der Waals surface area (Å²) in [5.74, 6) is 0. The molecule has 3 heteroatoms. The van der Waals surface area contributed by atoms with Gasteiger partial charge in [-0.15, -0.1) is 0 Å². The van der Waals surface area contributed by atoms with Crippen molar-refractivity contribution < 1.29 is 0 Å². The maximum absolute atomic E-state index is 6.02. The summed E-state index contributed by atoms with van der Waals surface area (Å²) in [6, 6.07) is 7.75. The van der Waals surface area contributed by atoms with Crippen LogP contribution in [0.25, 0.3) is 10.9 Å². The van der Waals surface area contributed by atoms with Gasteiger partial charge in [-0.25, -0.2) is 0 Å². The summed E-state index contributed by atoms with van der Waals surface area (Å²) >= 11 is 0. The van der Waals surface area contributed by atoms with Gasteiger partial charge in [-0.1, -0.05) is 25.1 Å². The van der Waals surface area contributed by atoms with E-state index in [1.165, 1.54) is 47.7 Å². The second kappa shape index (κ2) is 6.20. The zero-order chi connectivity index (χ0) is 14.8. The van der Waals surface area contributed by atoms with Gasteiger partial charge in [0, 0.05) is 35.7 Å². The first-order valence-electron chi connectivity index (χ1n) is 8.22. The number of nitrogens with two attached hydrogens (primary N) is 1. The third-order valence-electron chi connectivity index (χ3n) is 5.05. The van der Waals surface area contributed by atoms with Gasteiger partial charge in [-0.3, -0.25) is 4.90 Å². The minimum atomic E-state index is 0.426. The SMILES string of the molecule is CCc1cccc2c(CN(C)C3CCC(N)CC3)c[nH]c12. The number of aromatic amines is 1. The molecule has 0 atom stereocenters. The molecular formula is C18H27N3. The molecule has 2 aromatic rings. The summed E-state index contributed by atoms with van der Waals surface area (Å²) in [4.78, 5) is 5.98. The number of para-hydroxylation sites is 1. The molecule has 1 fully saturated rings. The lowest BCUT2D eigenvalue weighted by atomic mass is 9.91. The number of benzene rings is 1. The van der Waals surface area contributed by atoms with Gasteiger partial charge in [0.1, 0.15) is 0 Å². The van der Waals surface area contributed by atoms with Crippen LogP contribution in [0.15, 0.2) is 24.4 Å². The first-order valence-corrected chi connectivity index (χ1v) is 8.22. The Hall–Kier alpha value is -1.32. The van der Waals surface area contributed by atoms with Crippen molar-refractivity contribution >= 4 is 10.9 Å². The Balaban J connectivity index is 1.76. The van der Waals surface area contributed by atoms with Gasteiger partial charge in [-0.05, 0) is 50.3 Å². The Morgan fingerprint density at radius 1 is 1.19 bits per heavy atom. The monoisotopic (exact) mass is 285 g/mol. The van der Waals surface area contributed by atoms with Crippen LogP contribution >= 0.6 is 0 Å². The van der Waals surface area contributed by atoms with Crippen LogP contribution in [0.4, 0.5) is 0 Å². The van der Waals surface area contributed by atoms with Gasteiger partial charge >= 0.3 is 0 Å². The molecule has 1 saturated carbocycles. The van der Waals surface area contributed by atoms with Crippen molar-refractivity contribution in [3.63, 3.8) is 0 Å². The summed E-state index contributed by atoms with van der Waals surface area (Å²) in [5.41, 5.74) is 10.2. The number of aromatic nitrogens is 1. The zero-order valence-corrected chi connectivity index (χ0v) is 13.2. The molecule has 1 aliphatic carbocycles. The van der Waals surface area contributed by atoms with E-state index in [1.807, 2.05) is 0 Å². The molecular weight excluding hydrogens is 258 g/mol. The number of nitrogens with one attached hydrogen (secondary N) is 1. The molecule has 0 bridgehead atoms. The van der Waals surface area contributed by atoms with Crippen molar-refractivity contribution in [1.29, 1.82) is 0 Å². The van der Waals surface area contributed by atoms with E-state index < -0.39 is 0 Å². The Morgan fingerprint density at radius 2 is 1.95 bits per heavy atom. The lowest BCUT2D eigenvalue weighted by Crippen LogP contribution is -2.38. The normalized spacial score (nSPS) is 23.0.